The van der Waals surface area contributed by atoms with Gasteiger partial charge in [0.2, 0.25) is 0 Å². The standard InChI is InChI=1S/C11H15Cl2NO/c1-2-7(6-14)11(15)9-4-3-8(12)5-10(9)13/h3-5,7,11,15H,2,6,14H2,1H3. The van der Waals surface area contributed by atoms with Gasteiger partial charge in [-0.05, 0) is 30.7 Å². The Morgan fingerprint density at radius 3 is 2.53 bits per heavy atom. The molecule has 0 aliphatic heterocycles. The minimum absolute atomic E-state index is 0.0312. The molecule has 2 atom stereocenters. The maximum atomic E-state index is 10.0. The topological polar surface area (TPSA) is 46.2 Å². The summed E-state index contributed by atoms with van der Waals surface area (Å²) >= 11 is 11.8. The van der Waals surface area contributed by atoms with Crippen LogP contribution in [0.4, 0.5) is 0 Å². The van der Waals surface area contributed by atoms with Crippen LogP contribution in [0.3, 0.4) is 0 Å². The molecule has 0 radical (unpaired) electrons. The normalized spacial score (nSPS) is 15.0. The first-order valence-corrected chi connectivity index (χ1v) is 5.68. The zero-order valence-electron chi connectivity index (χ0n) is 8.58. The summed E-state index contributed by atoms with van der Waals surface area (Å²) in [7, 11) is 0. The van der Waals surface area contributed by atoms with Crippen molar-refractivity contribution in [3.63, 3.8) is 0 Å². The first-order chi connectivity index (χ1) is 7.10. The van der Waals surface area contributed by atoms with Gasteiger partial charge in [0.1, 0.15) is 0 Å². The predicted molar refractivity (Wildman–Crippen MR) is 64.3 cm³/mol. The summed E-state index contributed by atoms with van der Waals surface area (Å²) in [4.78, 5) is 0. The van der Waals surface area contributed by atoms with Crippen molar-refractivity contribution >= 4 is 23.2 Å². The minimum Gasteiger partial charge on any atom is -0.388 e. The molecule has 0 heterocycles. The van der Waals surface area contributed by atoms with E-state index in [1.54, 1.807) is 18.2 Å². The van der Waals surface area contributed by atoms with Crippen LogP contribution in [0.2, 0.25) is 10.0 Å². The fourth-order valence-corrected chi connectivity index (χ4v) is 2.03. The molecule has 84 valence electrons. The second-order valence-electron chi connectivity index (χ2n) is 3.51. The minimum atomic E-state index is -0.621. The highest BCUT2D eigenvalue weighted by Crippen LogP contribution is 2.31. The van der Waals surface area contributed by atoms with E-state index in [2.05, 4.69) is 0 Å². The number of aliphatic hydroxyl groups excluding tert-OH is 1. The third-order valence-electron chi connectivity index (χ3n) is 2.55. The van der Waals surface area contributed by atoms with Gasteiger partial charge >= 0.3 is 0 Å². The third kappa shape index (κ3) is 3.08. The van der Waals surface area contributed by atoms with Gasteiger partial charge in [-0.3, -0.25) is 0 Å². The number of nitrogens with two attached hydrogens (primary N) is 1. The lowest BCUT2D eigenvalue weighted by Crippen LogP contribution is -2.21. The third-order valence-corrected chi connectivity index (χ3v) is 3.12. The van der Waals surface area contributed by atoms with Crippen LogP contribution in [0.15, 0.2) is 18.2 Å². The van der Waals surface area contributed by atoms with Crippen molar-refractivity contribution in [3.8, 4) is 0 Å². The van der Waals surface area contributed by atoms with E-state index < -0.39 is 6.10 Å². The van der Waals surface area contributed by atoms with Crippen LogP contribution in [0.25, 0.3) is 0 Å². The van der Waals surface area contributed by atoms with Crippen LogP contribution in [0.5, 0.6) is 0 Å². The highest BCUT2D eigenvalue weighted by molar-refractivity contribution is 6.35. The Labute approximate surface area is 100.0 Å². The van der Waals surface area contributed by atoms with Crippen molar-refractivity contribution in [2.75, 3.05) is 6.54 Å². The second kappa shape index (κ2) is 5.71. The molecule has 0 saturated heterocycles. The molecule has 2 nitrogen and oxygen atoms in total. The lowest BCUT2D eigenvalue weighted by Gasteiger charge is -2.21. The first-order valence-electron chi connectivity index (χ1n) is 4.93. The number of rotatable bonds is 4. The molecule has 0 aromatic heterocycles. The molecule has 0 fully saturated rings. The molecule has 0 aliphatic carbocycles. The van der Waals surface area contributed by atoms with Gasteiger partial charge in [-0.2, -0.15) is 0 Å². The van der Waals surface area contributed by atoms with Crippen molar-refractivity contribution in [1.82, 2.24) is 0 Å². The Bertz CT molecular complexity index is 326. The molecule has 1 aromatic carbocycles. The van der Waals surface area contributed by atoms with E-state index in [1.807, 2.05) is 6.92 Å². The van der Waals surface area contributed by atoms with E-state index in [-0.39, 0.29) is 5.92 Å². The van der Waals surface area contributed by atoms with Gasteiger partial charge in [-0.1, -0.05) is 36.2 Å². The highest BCUT2D eigenvalue weighted by atomic mass is 35.5. The van der Waals surface area contributed by atoms with Crippen LogP contribution < -0.4 is 5.73 Å². The van der Waals surface area contributed by atoms with E-state index in [4.69, 9.17) is 28.9 Å². The fourth-order valence-electron chi connectivity index (χ4n) is 1.51. The number of aliphatic hydroxyl groups is 1. The summed E-state index contributed by atoms with van der Waals surface area (Å²) in [6.07, 6.45) is 0.196. The SMILES string of the molecule is CCC(CN)C(O)c1ccc(Cl)cc1Cl. The van der Waals surface area contributed by atoms with Gasteiger partial charge in [0.25, 0.3) is 0 Å². The summed E-state index contributed by atoms with van der Waals surface area (Å²) in [5, 5.41) is 11.1. The summed E-state index contributed by atoms with van der Waals surface area (Å²) < 4.78 is 0. The Balaban J connectivity index is 2.94. The van der Waals surface area contributed by atoms with Gasteiger partial charge in [0, 0.05) is 16.0 Å². The van der Waals surface area contributed by atoms with Gasteiger partial charge in [0.05, 0.1) is 6.10 Å². The van der Waals surface area contributed by atoms with E-state index in [1.165, 1.54) is 0 Å². The van der Waals surface area contributed by atoms with E-state index in [0.29, 0.717) is 22.2 Å². The summed E-state index contributed by atoms with van der Waals surface area (Å²) in [6.45, 7) is 2.43. The van der Waals surface area contributed by atoms with Crippen LogP contribution in [-0.4, -0.2) is 11.7 Å². The summed E-state index contributed by atoms with van der Waals surface area (Å²) in [6, 6.07) is 5.09. The van der Waals surface area contributed by atoms with Crippen LogP contribution in [-0.2, 0) is 0 Å². The number of halogens is 2. The quantitative estimate of drug-likeness (QED) is 0.860. The summed E-state index contributed by atoms with van der Waals surface area (Å²) in [5.74, 6) is 0.0312. The maximum Gasteiger partial charge on any atom is 0.0844 e. The Hall–Kier alpha value is -0.280. The van der Waals surface area contributed by atoms with Gasteiger partial charge in [0.15, 0.2) is 0 Å². The van der Waals surface area contributed by atoms with Crippen molar-refractivity contribution in [1.29, 1.82) is 0 Å². The molecule has 2 unspecified atom stereocenters. The van der Waals surface area contributed by atoms with Crippen molar-refractivity contribution in [2.24, 2.45) is 11.7 Å². The lowest BCUT2D eigenvalue weighted by molar-refractivity contribution is 0.110. The Morgan fingerprint density at radius 2 is 2.07 bits per heavy atom. The average molecular weight is 248 g/mol. The van der Waals surface area contributed by atoms with Crippen LogP contribution in [0, 0.1) is 5.92 Å². The Kier molecular flexibility index (Phi) is 4.87. The Morgan fingerprint density at radius 1 is 1.40 bits per heavy atom. The van der Waals surface area contributed by atoms with E-state index in [0.717, 1.165) is 6.42 Å². The first kappa shape index (κ1) is 12.8. The van der Waals surface area contributed by atoms with Crippen molar-refractivity contribution in [2.45, 2.75) is 19.4 Å². The largest absolute Gasteiger partial charge is 0.388 e. The molecule has 0 aliphatic rings. The molecule has 0 spiro atoms. The predicted octanol–water partition coefficient (Wildman–Crippen LogP) is 3.01. The molecular formula is C11H15Cl2NO. The smallest absolute Gasteiger partial charge is 0.0844 e. The second-order valence-corrected chi connectivity index (χ2v) is 4.36. The lowest BCUT2D eigenvalue weighted by atomic mass is 9.93. The van der Waals surface area contributed by atoms with Gasteiger partial charge < -0.3 is 10.8 Å². The molecule has 1 aromatic rings. The van der Waals surface area contributed by atoms with E-state index >= 15 is 0 Å². The van der Waals surface area contributed by atoms with Gasteiger partial charge in [-0.25, -0.2) is 0 Å². The molecule has 0 amide bonds. The molecular weight excluding hydrogens is 233 g/mol. The molecule has 0 saturated carbocycles. The summed E-state index contributed by atoms with van der Waals surface area (Å²) in [5.41, 5.74) is 6.27. The number of hydrogen-bond acceptors (Lipinski definition) is 2. The monoisotopic (exact) mass is 247 g/mol. The van der Waals surface area contributed by atoms with Gasteiger partial charge in [-0.15, -0.1) is 0 Å². The molecule has 4 heteroatoms. The van der Waals surface area contributed by atoms with Crippen molar-refractivity contribution < 1.29 is 5.11 Å². The van der Waals surface area contributed by atoms with Crippen LogP contribution in [0.1, 0.15) is 25.0 Å². The maximum absolute atomic E-state index is 10.0. The molecule has 1 rings (SSSR count). The fraction of sp³-hybridized carbons (Fsp3) is 0.455. The molecule has 15 heavy (non-hydrogen) atoms. The molecule has 0 bridgehead atoms. The molecule has 3 N–H and O–H groups in total. The van der Waals surface area contributed by atoms with Crippen LogP contribution >= 0.6 is 23.2 Å². The number of hydrogen-bond donors (Lipinski definition) is 2. The number of benzene rings is 1. The zero-order valence-corrected chi connectivity index (χ0v) is 10.1. The van der Waals surface area contributed by atoms with E-state index in [9.17, 15) is 5.11 Å². The highest BCUT2D eigenvalue weighted by Gasteiger charge is 2.20. The zero-order chi connectivity index (χ0) is 11.4. The average Bonchev–Trinajstić information content (AvgIpc) is 2.19. The van der Waals surface area contributed by atoms with Crippen molar-refractivity contribution in [3.05, 3.63) is 33.8 Å².